The van der Waals surface area contributed by atoms with Crippen LogP contribution in [-0.4, -0.2) is 27.3 Å². The number of para-hydroxylation sites is 2. The van der Waals surface area contributed by atoms with Gasteiger partial charge in [-0.15, -0.1) is 0 Å². The number of hydrogen-bond donors (Lipinski definition) is 3. The highest BCUT2D eigenvalue weighted by molar-refractivity contribution is 7.80. The number of carboxylic acid groups (broad SMARTS) is 1. The van der Waals surface area contributed by atoms with E-state index in [1.54, 1.807) is 24.3 Å². The zero-order chi connectivity index (χ0) is 17.5. The highest BCUT2D eigenvalue weighted by Gasteiger charge is 2.12. The summed E-state index contributed by atoms with van der Waals surface area (Å²) in [6.45, 7) is 0. The molecule has 122 valence electrons. The highest BCUT2D eigenvalue weighted by atomic mass is 32.1. The molecule has 8 nitrogen and oxygen atoms in total. The first kappa shape index (κ1) is 17.0. The number of benzene rings is 2. The molecule has 0 amide bonds. The maximum atomic E-state index is 10.9. The standard InChI is InChI=1S/C15H12N4O4S/c20-14(21)11-7-5-10(6-8-11)9-16-18-15(24)17-12-3-1-2-4-13(12)19(22)23/h1-9H,(H,20,21)(H2,17,18,24)/b16-9-. The Balaban J connectivity index is 1.96. The number of carboxylic acids is 1. The van der Waals surface area contributed by atoms with Crippen LogP contribution in [0.4, 0.5) is 11.4 Å². The number of hydrazone groups is 1. The molecule has 0 atom stereocenters. The molecule has 2 aromatic rings. The smallest absolute Gasteiger partial charge is 0.335 e. The van der Waals surface area contributed by atoms with Gasteiger partial charge in [0.25, 0.3) is 5.69 Å². The fourth-order valence-electron chi connectivity index (χ4n) is 1.77. The molecule has 0 radical (unpaired) electrons. The van der Waals surface area contributed by atoms with Crippen LogP contribution in [-0.2, 0) is 0 Å². The van der Waals surface area contributed by atoms with Gasteiger partial charge in [0.2, 0.25) is 0 Å². The molecule has 2 aromatic carbocycles. The summed E-state index contributed by atoms with van der Waals surface area (Å²) in [5.74, 6) is -1.01. The Morgan fingerprint density at radius 2 is 1.88 bits per heavy atom. The molecule has 0 fully saturated rings. The van der Waals surface area contributed by atoms with Crippen molar-refractivity contribution in [3.05, 3.63) is 69.8 Å². The van der Waals surface area contributed by atoms with Crippen molar-refractivity contribution in [2.45, 2.75) is 0 Å². The number of aromatic carboxylic acids is 1. The Morgan fingerprint density at radius 1 is 1.21 bits per heavy atom. The van der Waals surface area contributed by atoms with Crippen molar-refractivity contribution in [1.29, 1.82) is 0 Å². The van der Waals surface area contributed by atoms with Gasteiger partial charge in [-0.3, -0.25) is 15.5 Å². The molecule has 0 unspecified atom stereocenters. The van der Waals surface area contributed by atoms with Crippen molar-refractivity contribution < 1.29 is 14.8 Å². The molecular weight excluding hydrogens is 332 g/mol. The van der Waals surface area contributed by atoms with E-state index in [-0.39, 0.29) is 22.1 Å². The van der Waals surface area contributed by atoms with Crippen LogP contribution in [0.3, 0.4) is 0 Å². The number of carbonyl (C=O) groups is 1. The summed E-state index contributed by atoms with van der Waals surface area (Å²) in [5.41, 5.74) is 3.53. The fraction of sp³-hybridized carbons (Fsp3) is 0. The summed E-state index contributed by atoms with van der Waals surface area (Å²) >= 11 is 5.02. The van der Waals surface area contributed by atoms with E-state index < -0.39 is 10.9 Å². The molecule has 0 spiro atoms. The van der Waals surface area contributed by atoms with E-state index in [0.717, 1.165) is 0 Å². The van der Waals surface area contributed by atoms with E-state index in [0.29, 0.717) is 5.56 Å². The third kappa shape index (κ3) is 4.58. The summed E-state index contributed by atoms with van der Waals surface area (Å²) < 4.78 is 0. The van der Waals surface area contributed by atoms with Gasteiger partial charge in [-0.1, -0.05) is 24.3 Å². The molecule has 2 rings (SSSR count). The number of nitro benzene ring substituents is 1. The molecule has 0 aliphatic carbocycles. The van der Waals surface area contributed by atoms with Crippen molar-refractivity contribution in [1.82, 2.24) is 5.43 Å². The van der Waals surface area contributed by atoms with Crippen molar-refractivity contribution >= 4 is 40.9 Å². The second-order valence-electron chi connectivity index (χ2n) is 4.53. The van der Waals surface area contributed by atoms with Crippen LogP contribution in [0.5, 0.6) is 0 Å². The number of rotatable bonds is 5. The first-order valence-electron chi connectivity index (χ1n) is 6.64. The van der Waals surface area contributed by atoms with Gasteiger partial charge in [0.1, 0.15) is 5.69 Å². The molecule has 24 heavy (non-hydrogen) atoms. The summed E-state index contributed by atoms with van der Waals surface area (Å²) in [5, 5.41) is 26.4. The topological polar surface area (TPSA) is 117 Å². The van der Waals surface area contributed by atoms with E-state index in [1.807, 2.05) is 0 Å². The number of nitrogens with zero attached hydrogens (tertiary/aromatic N) is 2. The predicted octanol–water partition coefficient (Wildman–Crippen LogP) is 2.61. The number of nitro groups is 1. The molecule has 0 bridgehead atoms. The molecule has 3 N–H and O–H groups in total. The van der Waals surface area contributed by atoms with Crippen molar-refractivity contribution in [3.8, 4) is 0 Å². The van der Waals surface area contributed by atoms with Gasteiger partial charge >= 0.3 is 5.97 Å². The van der Waals surface area contributed by atoms with Crippen LogP contribution in [0.15, 0.2) is 53.6 Å². The van der Waals surface area contributed by atoms with E-state index >= 15 is 0 Å². The first-order chi connectivity index (χ1) is 11.5. The minimum Gasteiger partial charge on any atom is -0.478 e. The summed E-state index contributed by atoms with van der Waals surface area (Å²) in [4.78, 5) is 21.1. The largest absolute Gasteiger partial charge is 0.478 e. The molecule has 0 saturated heterocycles. The summed E-state index contributed by atoms with van der Waals surface area (Å²) in [7, 11) is 0. The van der Waals surface area contributed by atoms with Crippen LogP contribution >= 0.6 is 12.2 Å². The lowest BCUT2D eigenvalue weighted by atomic mass is 10.1. The highest BCUT2D eigenvalue weighted by Crippen LogP contribution is 2.22. The normalized spacial score (nSPS) is 10.3. The molecule has 0 saturated carbocycles. The summed E-state index contributed by atoms with van der Waals surface area (Å²) in [6.07, 6.45) is 1.44. The van der Waals surface area contributed by atoms with Gasteiger partial charge in [-0.05, 0) is 36.0 Å². The van der Waals surface area contributed by atoms with Gasteiger partial charge in [-0.25, -0.2) is 4.79 Å². The van der Waals surface area contributed by atoms with E-state index in [2.05, 4.69) is 15.8 Å². The number of hydrogen-bond acceptors (Lipinski definition) is 5. The maximum absolute atomic E-state index is 10.9. The molecule has 9 heteroatoms. The lowest BCUT2D eigenvalue weighted by molar-refractivity contribution is -0.383. The second-order valence-corrected chi connectivity index (χ2v) is 4.93. The quantitative estimate of drug-likeness (QED) is 0.330. The van der Waals surface area contributed by atoms with E-state index in [1.165, 1.54) is 30.5 Å². The Morgan fingerprint density at radius 3 is 2.50 bits per heavy atom. The molecule has 0 aliphatic rings. The Labute approximate surface area is 142 Å². The average Bonchev–Trinajstić information content (AvgIpc) is 2.55. The molecular formula is C15H12N4O4S. The average molecular weight is 344 g/mol. The Bertz CT molecular complexity index is 805. The monoisotopic (exact) mass is 344 g/mol. The van der Waals surface area contributed by atoms with E-state index in [4.69, 9.17) is 17.3 Å². The number of thiocarbonyl (C=S) groups is 1. The predicted molar refractivity (Wildman–Crippen MR) is 93.4 cm³/mol. The molecule has 0 aliphatic heterocycles. The van der Waals surface area contributed by atoms with E-state index in [9.17, 15) is 14.9 Å². The van der Waals surface area contributed by atoms with Crippen LogP contribution in [0.25, 0.3) is 0 Å². The third-order valence-corrected chi connectivity index (χ3v) is 3.08. The summed E-state index contributed by atoms with van der Waals surface area (Å²) in [6, 6.07) is 12.2. The minimum atomic E-state index is -1.01. The van der Waals surface area contributed by atoms with Crippen LogP contribution < -0.4 is 10.7 Å². The lowest BCUT2D eigenvalue weighted by Gasteiger charge is -2.07. The zero-order valence-electron chi connectivity index (χ0n) is 12.2. The van der Waals surface area contributed by atoms with Crippen LogP contribution in [0, 0.1) is 10.1 Å². The Kier molecular flexibility index (Phi) is 5.53. The van der Waals surface area contributed by atoms with Crippen LogP contribution in [0.2, 0.25) is 0 Å². The lowest BCUT2D eigenvalue weighted by Crippen LogP contribution is -2.24. The molecule has 0 aromatic heterocycles. The molecule has 0 heterocycles. The minimum absolute atomic E-state index is 0.0858. The van der Waals surface area contributed by atoms with Gasteiger partial charge in [0.05, 0.1) is 16.7 Å². The van der Waals surface area contributed by atoms with Gasteiger partial charge in [-0.2, -0.15) is 5.10 Å². The van der Waals surface area contributed by atoms with Gasteiger partial charge in [0, 0.05) is 6.07 Å². The maximum Gasteiger partial charge on any atom is 0.335 e. The fourth-order valence-corrected chi connectivity index (χ4v) is 1.93. The second kappa shape index (κ2) is 7.79. The first-order valence-corrected chi connectivity index (χ1v) is 7.05. The zero-order valence-corrected chi connectivity index (χ0v) is 13.0. The SMILES string of the molecule is O=C(O)c1ccc(/C=N\NC(=S)Nc2ccccc2[N+](=O)[O-])cc1. The van der Waals surface area contributed by atoms with Crippen molar-refractivity contribution in [2.75, 3.05) is 5.32 Å². The number of nitrogens with one attached hydrogen (secondary N) is 2. The van der Waals surface area contributed by atoms with Crippen molar-refractivity contribution in [3.63, 3.8) is 0 Å². The third-order valence-electron chi connectivity index (χ3n) is 2.89. The number of anilines is 1. The van der Waals surface area contributed by atoms with Crippen molar-refractivity contribution in [2.24, 2.45) is 5.10 Å². The van der Waals surface area contributed by atoms with Crippen LogP contribution in [0.1, 0.15) is 15.9 Å². The Hall–Kier alpha value is -3.33. The van der Waals surface area contributed by atoms with Gasteiger partial charge < -0.3 is 10.4 Å². The van der Waals surface area contributed by atoms with Gasteiger partial charge in [0.15, 0.2) is 5.11 Å².